The Morgan fingerprint density at radius 3 is 2.45 bits per heavy atom. The van der Waals surface area contributed by atoms with E-state index in [-0.39, 0.29) is 35.2 Å². The highest BCUT2D eigenvalue weighted by Gasteiger charge is 2.41. The van der Waals surface area contributed by atoms with Crippen LogP contribution in [-0.2, 0) is 17.8 Å². The van der Waals surface area contributed by atoms with Gasteiger partial charge in [-0.15, -0.1) is 11.3 Å². The van der Waals surface area contributed by atoms with E-state index in [1.54, 1.807) is 18.2 Å². The van der Waals surface area contributed by atoms with Crippen molar-refractivity contribution in [1.29, 1.82) is 0 Å². The lowest BCUT2D eigenvalue weighted by atomic mass is 9.81. The van der Waals surface area contributed by atoms with E-state index in [0.717, 1.165) is 28.0 Å². The van der Waals surface area contributed by atoms with Crippen molar-refractivity contribution in [1.82, 2.24) is 10.3 Å². The zero-order valence-electron chi connectivity index (χ0n) is 25.7. The van der Waals surface area contributed by atoms with Gasteiger partial charge in [0.25, 0.3) is 11.8 Å². The highest BCUT2D eigenvalue weighted by Crippen LogP contribution is 2.43. The highest BCUT2D eigenvalue weighted by molar-refractivity contribution is 7.13. The van der Waals surface area contributed by atoms with E-state index in [4.69, 9.17) is 10.5 Å². The number of carbonyl (C=O) groups excluding carboxylic acids is 2. The van der Waals surface area contributed by atoms with Gasteiger partial charge in [-0.25, -0.2) is 14.6 Å². The van der Waals surface area contributed by atoms with Crippen LogP contribution >= 0.6 is 11.3 Å². The summed E-state index contributed by atoms with van der Waals surface area (Å²) in [6.45, 7) is 2.60. The number of aromatic carboxylic acids is 1. The fraction of sp³-hybridized carbons (Fsp3) is 0.286. The Kier molecular flexibility index (Phi) is 8.80. The quantitative estimate of drug-likeness (QED) is 0.160. The Hall–Kier alpha value is -5.07. The summed E-state index contributed by atoms with van der Waals surface area (Å²) in [6, 6.07) is 13.6. The maximum Gasteiger partial charge on any atom is 0.355 e. The van der Waals surface area contributed by atoms with Crippen LogP contribution in [0.15, 0.2) is 53.9 Å². The standard InChI is InChI=1S/C35H34N4O7S/c1-19-15-20(18-36)5-7-26(19)38-31(40)24-16-25-28(46-13-9-21-10-14-47-30(21)25)17-23(24)22-6-8-27(37-29(22)33(42)43)32(41)39-35(34(44)45)11-3-2-4-12-35/h5-8,10,14-17H,2-4,9,11-13,18,36H2,1H3,(H,38,40)(H,39,41)(H,42,43)(H,44,45). The third kappa shape index (κ3) is 6.21. The number of pyridine rings is 1. The molecule has 0 unspecified atom stereocenters. The predicted octanol–water partition coefficient (Wildman–Crippen LogP) is 5.65. The second-order valence-electron chi connectivity index (χ2n) is 11.9. The minimum absolute atomic E-state index is 0.0991. The Bertz CT molecular complexity index is 1910. The third-order valence-electron chi connectivity index (χ3n) is 8.85. The molecular formula is C35H34N4O7S. The van der Waals surface area contributed by atoms with Gasteiger partial charge in [0.15, 0.2) is 5.69 Å². The summed E-state index contributed by atoms with van der Waals surface area (Å²) in [6.07, 6.45) is 3.37. The molecule has 0 radical (unpaired) electrons. The number of amides is 2. The molecule has 0 bridgehead atoms. The Morgan fingerprint density at radius 1 is 0.957 bits per heavy atom. The first-order chi connectivity index (χ1) is 22.6. The molecule has 4 aromatic rings. The summed E-state index contributed by atoms with van der Waals surface area (Å²) in [5, 5.41) is 27.8. The van der Waals surface area contributed by atoms with Gasteiger partial charge in [-0.2, -0.15) is 0 Å². The molecule has 1 aliphatic heterocycles. The largest absolute Gasteiger partial charge is 0.493 e. The molecule has 0 atom stereocenters. The van der Waals surface area contributed by atoms with Gasteiger partial charge >= 0.3 is 11.9 Å². The summed E-state index contributed by atoms with van der Waals surface area (Å²) < 4.78 is 6.11. The number of nitrogens with two attached hydrogens (primary N) is 1. The molecule has 242 valence electrons. The Labute approximate surface area is 274 Å². The number of aryl methyl sites for hydroxylation is 1. The van der Waals surface area contributed by atoms with Crippen LogP contribution in [0.1, 0.15) is 80.1 Å². The second kappa shape index (κ2) is 13.0. The van der Waals surface area contributed by atoms with Crippen molar-refractivity contribution < 1.29 is 34.1 Å². The molecule has 2 amide bonds. The van der Waals surface area contributed by atoms with Crippen molar-refractivity contribution in [3.63, 3.8) is 0 Å². The number of carbonyl (C=O) groups is 4. The molecule has 12 heteroatoms. The maximum absolute atomic E-state index is 14.1. The zero-order valence-corrected chi connectivity index (χ0v) is 26.5. The van der Waals surface area contributed by atoms with Crippen LogP contribution in [0, 0.1) is 6.92 Å². The van der Waals surface area contributed by atoms with Crippen molar-refractivity contribution in [2.24, 2.45) is 5.73 Å². The van der Waals surface area contributed by atoms with E-state index in [1.165, 1.54) is 23.5 Å². The minimum atomic E-state index is -1.44. The number of ether oxygens (including phenoxy) is 1. The average molecular weight is 655 g/mol. The SMILES string of the molecule is Cc1cc(CN)ccc1NC(=O)c1cc2c(cc1-c1ccc(C(=O)NC3(C(=O)O)CCCCC3)nc1C(=O)O)OCCc1ccsc1-2. The first kappa shape index (κ1) is 31.9. The molecule has 11 nitrogen and oxygen atoms in total. The molecule has 6 N–H and O–H groups in total. The van der Waals surface area contributed by atoms with Gasteiger partial charge in [-0.05, 0) is 78.2 Å². The molecule has 6 rings (SSSR count). The number of hydrogen-bond donors (Lipinski definition) is 5. The van der Waals surface area contributed by atoms with E-state index >= 15 is 0 Å². The van der Waals surface area contributed by atoms with Crippen LogP contribution in [0.5, 0.6) is 5.75 Å². The van der Waals surface area contributed by atoms with E-state index in [0.29, 0.717) is 49.4 Å². The van der Waals surface area contributed by atoms with Crippen LogP contribution < -0.4 is 21.1 Å². The number of carboxylic acid groups (broad SMARTS) is 2. The lowest BCUT2D eigenvalue weighted by molar-refractivity contribution is -0.145. The number of thiophene rings is 1. The lowest BCUT2D eigenvalue weighted by Gasteiger charge is -2.33. The molecule has 1 fully saturated rings. The average Bonchev–Trinajstić information content (AvgIpc) is 3.46. The Morgan fingerprint density at radius 2 is 1.74 bits per heavy atom. The third-order valence-corrected chi connectivity index (χ3v) is 9.84. The number of aliphatic carboxylic acids is 1. The van der Waals surface area contributed by atoms with E-state index in [2.05, 4.69) is 15.6 Å². The number of hydrogen-bond acceptors (Lipinski definition) is 8. The normalized spacial score (nSPS) is 14.9. The smallest absolute Gasteiger partial charge is 0.355 e. The lowest BCUT2D eigenvalue weighted by Crippen LogP contribution is -2.55. The first-order valence-corrected chi connectivity index (χ1v) is 16.3. The van der Waals surface area contributed by atoms with E-state index in [9.17, 15) is 29.4 Å². The molecule has 2 aromatic carbocycles. The van der Waals surface area contributed by atoms with Crippen molar-refractivity contribution in [2.75, 3.05) is 11.9 Å². The molecule has 2 aliphatic rings. The van der Waals surface area contributed by atoms with Crippen molar-refractivity contribution in [2.45, 2.75) is 57.5 Å². The van der Waals surface area contributed by atoms with Crippen molar-refractivity contribution in [3.05, 3.63) is 87.6 Å². The first-order valence-electron chi connectivity index (χ1n) is 15.4. The number of fused-ring (bicyclic) bond motifs is 3. The zero-order chi connectivity index (χ0) is 33.3. The number of nitrogens with one attached hydrogen (secondary N) is 2. The summed E-state index contributed by atoms with van der Waals surface area (Å²) in [7, 11) is 0. The van der Waals surface area contributed by atoms with Crippen LogP contribution in [0.3, 0.4) is 0 Å². The topological polar surface area (TPSA) is 181 Å². The van der Waals surface area contributed by atoms with Gasteiger partial charge in [-0.3, -0.25) is 9.59 Å². The number of anilines is 1. The summed E-state index contributed by atoms with van der Waals surface area (Å²) >= 11 is 1.53. The van der Waals surface area contributed by atoms with Crippen LogP contribution in [0.25, 0.3) is 21.6 Å². The van der Waals surface area contributed by atoms with Gasteiger partial charge in [0.2, 0.25) is 0 Å². The highest BCUT2D eigenvalue weighted by atomic mass is 32.1. The molecule has 1 saturated carbocycles. The molecular weight excluding hydrogens is 620 g/mol. The number of nitrogens with zero attached hydrogens (tertiary/aromatic N) is 1. The molecule has 3 heterocycles. The minimum Gasteiger partial charge on any atom is -0.493 e. The number of rotatable bonds is 8. The van der Waals surface area contributed by atoms with Crippen LogP contribution in [-0.4, -0.2) is 51.1 Å². The van der Waals surface area contributed by atoms with Gasteiger partial charge in [0, 0.05) is 45.8 Å². The van der Waals surface area contributed by atoms with E-state index < -0.39 is 35.0 Å². The number of aromatic nitrogens is 1. The summed E-state index contributed by atoms with van der Waals surface area (Å²) in [5.41, 5.74) is 8.25. The van der Waals surface area contributed by atoms with Crippen LogP contribution in [0.2, 0.25) is 0 Å². The van der Waals surface area contributed by atoms with Crippen molar-refractivity contribution >= 4 is 40.8 Å². The summed E-state index contributed by atoms with van der Waals surface area (Å²) in [5.74, 6) is -3.33. The van der Waals surface area contributed by atoms with Gasteiger partial charge in [0.1, 0.15) is 17.0 Å². The molecule has 0 saturated heterocycles. The van der Waals surface area contributed by atoms with Gasteiger partial charge in [-0.1, -0.05) is 31.4 Å². The second-order valence-corrected chi connectivity index (χ2v) is 12.8. The molecule has 1 aliphatic carbocycles. The van der Waals surface area contributed by atoms with Crippen LogP contribution in [0.4, 0.5) is 5.69 Å². The molecule has 0 spiro atoms. The van der Waals surface area contributed by atoms with E-state index in [1.807, 2.05) is 30.5 Å². The summed E-state index contributed by atoms with van der Waals surface area (Å²) in [4.78, 5) is 57.3. The fourth-order valence-electron chi connectivity index (χ4n) is 6.30. The fourth-order valence-corrected chi connectivity index (χ4v) is 7.28. The van der Waals surface area contributed by atoms with Gasteiger partial charge in [0.05, 0.1) is 6.61 Å². The van der Waals surface area contributed by atoms with Gasteiger partial charge < -0.3 is 31.3 Å². The maximum atomic E-state index is 14.1. The molecule has 2 aromatic heterocycles. The van der Waals surface area contributed by atoms with Crippen molar-refractivity contribution in [3.8, 4) is 27.3 Å². The molecule has 47 heavy (non-hydrogen) atoms. The Balaban J connectivity index is 1.45. The number of carboxylic acids is 2. The number of benzene rings is 2. The monoisotopic (exact) mass is 654 g/mol. The predicted molar refractivity (Wildman–Crippen MR) is 177 cm³/mol.